The summed E-state index contributed by atoms with van der Waals surface area (Å²) in [6, 6.07) is 13.1. The van der Waals surface area contributed by atoms with Crippen molar-refractivity contribution in [2.75, 3.05) is 39.8 Å². The summed E-state index contributed by atoms with van der Waals surface area (Å²) in [5.74, 6) is 0.868. The first-order valence-electron chi connectivity index (χ1n) is 9.76. The number of piperazine rings is 1. The van der Waals surface area contributed by atoms with Gasteiger partial charge in [0.15, 0.2) is 5.96 Å². The summed E-state index contributed by atoms with van der Waals surface area (Å²) in [6.45, 7) is 10.1. The van der Waals surface area contributed by atoms with Gasteiger partial charge in [0.25, 0.3) is 0 Å². The quantitative estimate of drug-likeness (QED) is 0.339. The Morgan fingerprint density at radius 1 is 1.04 bits per heavy atom. The van der Waals surface area contributed by atoms with Crippen LogP contribution in [0.1, 0.15) is 22.9 Å². The highest BCUT2D eigenvalue weighted by atomic mass is 127. The van der Waals surface area contributed by atoms with Gasteiger partial charge < -0.3 is 15.5 Å². The second kappa shape index (κ2) is 12.4. The Kier molecular flexibility index (Phi) is 10.3. The summed E-state index contributed by atoms with van der Waals surface area (Å²) < 4.78 is 0. The van der Waals surface area contributed by atoms with Gasteiger partial charge in [-0.25, -0.2) is 4.99 Å². The van der Waals surface area contributed by atoms with Crippen LogP contribution < -0.4 is 10.6 Å². The van der Waals surface area contributed by atoms with E-state index in [1.54, 1.807) is 11.3 Å². The predicted molar refractivity (Wildman–Crippen MR) is 131 cm³/mol. The number of nitrogens with zero attached hydrogens (tertiary/aromatic N) is 3. The summed E-state index contributed by atoms with van der Waals surface area (Å²) in [4.78, 5) is 11.0. The zero-order valence-electron chi connectivity index (χ0n) is 16.9. The standard InChI is InChI=1S/C21H31N5S.HI/c1-3-22-21(24-16-20-5-4-14-27-20)23-15-18-6-8-19(9-7-18)17-26-12-10-25(2)11-13-26;/h4-9,14H,3,10-13,15-17H2,1-2H3,(H2,22,23,24);1H. The van der Waals surface area contributed by atoms with E-state index in [-0.39, 0.29) is 24.0 Å². The van der Waals surface area contributed by atoms with Crippen molar-refractivity contribution in [2.45, 2.75) is 26.6 Å². The van der Waals surface area contributed by atoms with E-state index in [4.69, 9.17) is 4.99 Å². The second-order valence-electron chi connectivity index (χ2n) is 7.02. The molecule has 1 aromatic heterocycles. The fourth-order valence-corrected chi connectivity index (χ4v) is 3.75. The number of likely N-dealkylation sites (N-methyl/N-ethyl adjacent to an activating group) is 1. The van der Waals surface area contributed by atoms with E-state index >= 15 is 0 Å². The fraction of sp³-hybridized carbons (Fsp3) is 0.476. The van der Waals surface area contributed by atoms with Gasteiger partial charge in [0.05, 0.1) is 13.1 Å². The van der Waals surface area contributed by atoms with Gasteiger partial charge >= 0.3 is 0 Å². The zero-order chi connectivity index (χ0) is 18.9. The van der Waals surface area contributed by atoms with Crippen molar-refractivity contribution < 1.29 is 0 Å². The third kappa shape index (κ3) is 7.69. The lowest BCUT2D eigenvalue weighted by molar-refractivity contribution is 0.148. The van der Waals surface area contributed by atoms with Crippen LogP contribution >= 0.6 is 35.3 Å². The molecule has 0 amide bonds. The normalized spacial score (nSPS) is 15.9. The molecule has 2 N–H and O–H groups in total. The van der Waals surface area contributed by atoms with Gasteiger partial charge in [0, 0.05) is 44.1 Å². The lowest BCUT2D eigenvalue weighted by atomic mass is 10.1. The van der Waals surface area contributed by atoms with E-state index in [0.29, 0.717) is 6.54 Å². The van der Waals surface area contributed by atoms with Gasteiger partial charge in [-0.2, -0.15) is 0 Å². The molecule has 3 rings (SSSR count). The molecular formula is C21H32IN5S. The van der Waals surface area contributed by atoms with E-state index in [9.17, 15) is 0 Å². The van der Waals surface area contributed by atoms with Gasteiger partial charge in [-0.15, -0.1) is 35.3 Å². The van der Waals surface area contributed by atoms with Crippen LogP contribution in [0.4, 0.5) is 0 Å². The van der Waals surface area contributed by atoms with Crippen LogP contribution in [0.15, 0.2) is 46.8 Å². The van der Waals surface area contributed by atoms with E-state index < -0.39 is 0 Å². The molecule has 28 heavy (non-hydrogen) atoms. The molecule has 2 heterocycles. The lowest BCUT2D eigenvalue weighted by Gasteiger charge is -2.32. The zero-order valence-corrected chi connectivity index (χ0v) is 20.0. The number of guanidine groups is 1. The summed E-state index contributed by atoms with van der Waals surface area (Å²) in [5.41, 5.74) is 2.63. The molecule has 0 spiro atoms. The molecule has 2 aromatic rings. The van der Waals surface area contributed by atoms with E-state index in [1.165, 1.54) is 29.1 Å². The summed E-state index contributed by atoms with van der Waals surface area (Å²) in [5, 5.41) is 8.82. The highest BCUT2D eigenvalue weighted by Gasteiger charge is 2.13. The average Bonchev–Trinajstić information content (AvgIpc) is 3.21. The van der Waals surface area contributed by atoms with Crippen LogP contribution in [-0.2, 0) is 19.6 Å². The molecule has 1 aliphatic heterocycles. The maximum absolute atomic E-state index is 4.72. The molecule has 0 bridgehead atoms. The van der Waals surface area contributed by atoms with Gasteiger partial charge in [0.2, 0.25) is 0 Å². The Morgan fingerprint density at radius 2 is 1.75 bits per heavy atom. The molecule has 0 atom stereocenters. The fourth-order valence-electron chi connectivity index (χ4n) is 3.11. The molecule has 1 aromatic carbocycles. The van der Waals surface area contributed by atoms with E-state index in [1.807, 2.05) is 0 Å². The Hall–Kier alpha value is -1.16. The van der Waals surface area contributed by atoms with Crippen molar-refractivity contribution >= 4 is 41.3 Å². The van der Waals surface area contributed by atoms with E-state index in [2.05, 4.69) is 76.2 Å². The van der Waals surface area contributed by atoms with Crippen LogP contribution in [0, 0.1) is 0 Å². The summed E-state index contributed by atoms with van der Waals surface area (Å²) in [6.07, 6.45) is 0. The van der Waals surface area contributed by atoms with Gasteiger partial charge in [0.1, 0.15) is 0 Å². The largest absolute Gasteiger partial charge is 0.357 e. The smallest absolute Gasteiger partial charge is 0.191 e. The summed E-state index contributed by atoms with van der Waals surface area (Å²) >= 11 is 1.76. The number of halogens is 1. The highest BCUT2D eigenvalue weighted by Crippen LogP contribution is 2.11. The molecular weight excluding hydrogens is 481 g/mol. The number of benzene rings is 1. The third-order valence-corrected chi connectivity index (χ3v) is 5.68. The first-order valence-corrected chi connectivity index (χ1v) is 10.6. The molecule has 0 saturated carbocycles. The van der Waals surface area contributed by atoms with Crippen LogP contribution in [0.5, 0.6) is 0 Å². The Labute approximate surface area is 190 Å². The topological polar surface area (TPSA) is 42.9 Å². The highest BCUT2D eigenvalue weighted by molar-refractivity contribution is 14.0. The van der Waals surface area contributed by atoms with E-state index in [0.717, 1.165) is 38.7 Å². The molecule has 154 valence electrons. The molecule has 0 aliphatic carbocycles. The van der Waals surface area contributed by atoms with Crippen LogP contribution in [0.2, 0.25) is 0 Å². The first-order chi connectivity index (χ1) is 13.2. The Bertz CT molecular complexity index is 694. The number of aliphatic imine (C=N–C) groups is 1. The minimum absolute atomic E-state index is 0. The van der Waals surface area contributed by atoms with Crippen molar-refractivity contribution in [3.05, 3.63) is 57.8 Å². The lowest BCUT2D eigenvalue weighted by Crippen LogP contribution is -2.43. The maximum Gasteiger partial charge on any atom is 0.191 e. The monoisotopic (exact) mass is 513 g/mol. The van der Waals surface area contributed by atoms with Crippen LogP contribution in [-0.4, -0.2) is 55.5 Å². The SMILES string of the molecule is CCNC(=NCc1ccc(CN2CCN(C)CC2)cc1)NCc1cccs1.I. The van der Waals surface area contributed by atoms with Crippen molar-refractivity contribution in [3.63, 3.8) is 0 Å². The van der Waals surface area contributed by atoms with Gasteiger partial charge in [-0.3, -0.25) is 4.90 Å². The number of rotatable bonds is 7. The van der Waals surface area contributed by atoms with Crippen LogP contribution in [0.3, 0.4) is 0 Å². The molecule has 1 fully saturated rings. The summed E-state index contributed by atoms with van der Waals surface area (Å²) in [7, 11) is 2.20. The van der Waals surface area contributed by atoms with Crippen molar-refractivity contribution in [3.8, 4) is 0 Å². The molecule has 0 radical (unpaired) electrons. The number of hydrogen-bond acceptors (Lipinski definition) is 4. The Balaban J connectivity index is 0.00000280. The molecule has 1 aliphatic rings. The molecule has 5 nitrogen and oxygen atoms in total. The predicted octanol–water partition coefficient (Wildman–Crippen LogP) is 3.37. The third-order valence-electron chi connectivity index (χ3n) is 4.80. The molecule has 0 unspecified atom stereocenters. The number of hydrogen-bond donors (Lipinski definition) is 2. The maximum atomic E-state index is 4.72. The van der Waals surface area contributed by atoms with Crippen molar-refractivity contribution in [2.24, 2.45) is 4.99 Å². The second-order valence-corrected chi connectivity index (χ2v) is 8.06. The minimum Gasteiger partial charge on any atom is -0.357 e. The average molecular weight is 513 g/mol. The number of thiophene rings is 1. The van der Waals surface area contributed by atoms with Crippen molar-refractivity contribution in [1.29, 1.82) is 0 Å². The minimum atomic E-state index is 0. The molecule has 7 heteroatoms. The number of nitrogens with one attached hydrogen (secondary N) is 2. The van der Waals surface area contributed by atoms with Gasteiger partial charge in [-0.05, 0) is 36.5 Å². The molecule has 1 saturated heterocycles. The first kappa shape index (κ1) is 23.1. The van der Waals surface area contributed by atoms with Crippen molar-refractivity contribution in [1.82, 2.24) is 20.4 Å². The van der Waals surface area contributed by atoms with Crippen LogP contribution in [0.25, 0.3) is 0 Å². The Morgan fingerprint density at radius 3 is 2.39 bits per heavy atom. The van der Waals surface area contributed by atoms with Gasteiger partial charge in [-0.1, -0.05) is 30.3 Å².